The molecule has 0 saturated carbocycles. The van der Waals surface area contributed by atoms with E-state index < -0.39 is 17.2 Å². The average molecular weight is 526 g/mol. The number of urea groups is 1. The van der Waals surface area contributed by atoms with E-state index in [9.17, 15) is 14.0 Å². The van der Waals surface area contributed by atoms with Crippen LogP contribution in [0, 0.1) is 11.2 Å². The molecular weight excluding hydrogens is 506 g/mol. The molecule has 0 unspecified atom stereocenters. The van der Waals surface area contributed by atoms with Crippen LogP contribution in [-0.2, 0) is 11.2 Å². The number of fused-ring (bicyclic) bond motifs is 2. The highest BCUT2D eigenvalue weighted by atomic mass is 35.5. The van der Waals surface area contributed by atoms with E-state index in [1.165, 1.54) is 26.0 Å². The second-order valence-electron chi connectivity index (χ2n) is 8.03. The van der Waals surface area contributed by atoms with Gasteiger partial charge < -0.3 is 20.2 Å². The Morgan fingerprint density at radius 2 is 1.71 bits per heavy atom. The Morgan fingerprint density at radius 1 is 0.971 bits per heavy atom. The maximum atomic E-state index is 13.4. The minimum atomic E-state index is -1.02. The van der Waals surface area contributed by atoms with Gasteiger partial charge in [-0.25, -0.2) is 9.18 Å². The molecule has 4 rings (SSSR count). The van der Waals surface area contributed by atoms with E-state index in [4.69, 9.17) is 44.3 Å². The minimum absolute atomic E-state index is 0.0772. The molecule has 0 atom stereocenters. The molecule has 0 aliphatic rings. The molecule has 0 aliphatic carbocycles. The molecule has 0 saturated heterocycles. The summed E-state index contributed by atoms with van der Waals surface area (Å²) < 4.78 is 18.7. The quantitative estimate of drug-likeness (QED) is 0.246. The summed E-state index contributed by atoms with van der Waals surface area (Å²) in [5.41, 5.74) is 1.79. The van der Waals surface area contributed by atoms with E-state index in [1.54, 1.807) is 36.4 Å². The molecule has 0 aliphatic heterocycles. The number of anilines is 2. The Balaban J connectivity index is 0.000000197. The molecule has 2 heterocycles. The molecule has 2 amide bonds. The lowest BCUT2D eigenvalue weighted by Gasteiger charge is -2.19. The van der Waals surface area contributed by atoms with Crippen LogP contribution in [0.1, 0.15) is 19.4 Å². The number of nitrogens with one attached hydrogen (secondary N) is 2. The zero-order chi connectivity index (χ0) is 25.0. The van der Waals surface area contributed by atoms with Gasteiger partial charge in [-0.2, -0.15) is 0 Å². The number of benzene rings is 3. The van der Waals surface area contributed by atoms with Gasteiger partial charge in [0.1, 0.15) is 11.4 Å². The highest BCUT2D eigenvalue weighted by Crippen LogP contribution is 2.29. The third-order valence-corrected chi connectivity index (χ3v) is 5.96. The molecule has 4 aromatic rings. The molecule has 0 fully saturated rings. The van der Waals surface area contributed by atoms with Gasteiger partial charge in [-0.15, -0.1) is 0 Å². The number of carbonyl (C=O) groups excluding carboxylic acids is 1. The number of furan rings is 2. The van der Waals surface area contributed by atoms with Gasteiger partial charge in [-0.1, -0.05) is 40.9 Å². The molecule has 0 spiro atoms. The maximum absolute atomic E-state index is 13.4. The summed E-state index contributed by atoms with van der Waals surface area (Å²) in [5.74, 6) is -1.43. The van der Waals surface area contributed by atoms with E-state index in [0.29, 0.717) is 27.0 Å². The lowest BCUT2D eigenvalue weighted by Crippen LogP contribution is -2.26. The number of halogens is 4. The van der Waals surface area contributed by atoms with Gasteiger partial charge in [0.05, 0.1) is 21.1 Å². The molecule has 2 aromatic carbocycles. The van der Waals surface area contributed by atoms with Crippen molar-refractivity contribution in [2.75, 3.05) is 10.6 Å². The predicted octanol–water partition coefficient (Wildman–Crippen LogP) is 7.95. The smallest absolute Gasteiger partial charge is 0.323 e. The van der Waals surface area contributed by atoms with Gasteiger partial charge in [0.15, 0.2) is 5.58 Å². The van der Waals surface area contributed by atoms with E-state index in [1.807, 2.05) is 6.07 Å². The number of aliphatic carboxylic acids is 1. The highest BCUT2D eigenvalue weighted by molar-refractivity contribution is 6.42. The molecule has 3 N–H and O–H groups in total. The lowest BCUT2D eigenvalue weighted by molar-refractivity contribution is -0.146. The first-order valence-electron chi connectivity index (χ1n) is 9.97. The first-order valence-corrected chi connectivity index (χ1v) is 11.1. The Bertz CT molecular complexity index is 1300. The zero-order valence-electron chi connectivity index (χ0n) is 18.1. The Labute approximate surface area is 209 Å². The number of carbonyl (C=O) groups is 2. The van der Waals surface area contributed by atoms with Crippen molar-refractivity contribution in [2.45, 2.75) is 20.3 Å². The molecule has 6 nitrogen and oxygen atoms in total. The van der Waals surface area contributed by atoms with Crippen LogP contribution in [0.4, 0.5) is 20.6 Å². The van der Waals surface area contributed by atoms with Gasteiger partial charge in [-0.3, -0.25) is 4.79 Å². The number of carboxylic acids is 1. The van der Waals surface area contributed by atoms with Gasteiger partial charge in [0.2, 0.25) is 0 Å². The van der Waals surface area contributed by atoms with Crippen molar-refractivity contribution < 1.29 is 23.5 Å². The first-order chi connectivity index (χ1) is 16.0. The van der Waals surface area contributed by atoms with Crippen LogP contribution >= 0.6 is 34.8 Å². The standard InChI is InChI=1S/C13H8Cl2N2O2.C11H12ClFO2/c14-9-3-1-7(5-10(9)15)16-13(18)17-11-6-8-2-4-12(11)19-8;1-11(2,10(14)15)6-7-8(12)4-3-5-9(7)13/h1-6H,(H2,16,17,18);3-5H,6H2,1-2H3,(H,14,15). The van der Waals surface area contributed by atoms with E-state index in [2.05, 4.69) is 10.6 Å². The highest BCUT2D eigenvalue weighted by Gasteiger charge is 2.29. The van der Waals surface area contributed by atoms with Crippen LogP contribution in [0.2, 0.25) is 15.1 Å². The van der Waals surface area contributed by atoms with Crippen molar-refractivity contribution in [1.29, 1.82) is 0 Å². The monoisotopic (exact) mass is 524 g/mol. The third-order valence-electron chi connectivity index (χ3n) is 4.86. The fourth-order valence-corrected chi connectivity index (χ4v) is 3.49. The van der Waals surface area contributed by atoms with Crippen molar-refractivity contribution in [2.24, 2.45) is 5.41 Å². The van der Waals surface area contributed by atoms with Crippen molar-refractivity contribution in [1.82, 2.24) is 0 Å². The first kappa shape index (κ1) is 25.6. The largest absolute Gasteiger partial charge is 0.481 e. The molecule has 10 heteroatoms. The van der Waals surface area contributed by atoms with Gasteiger partial charge in [0.25, 0.3) is 0 Å². The number of carboxylic acid groups (broad SMARTS) is 1. The Kier molecular flexibility index (Phi) is 7.92. The van der Waals surface area contributed by atoms with Crippen molar-refractivity contribution >= 4 is 69.3 Å². The second kappa shape index (κ2) is 10.5. The van der Waals surface area contributed by atoms with Gasteiger partial charge >= 0.3 is 12.0 Å². The van der Waals surface area contributed by atoms with Crippen LogP contribution in [-0.4, -0.2) is 17.1 Å². The molecule has 0 radical (unpaired) electrons. The summed E-state index contributed by atoms with van der Waals surface area (Å²) >= 11 is 17.5. The van der Waals surface area contributed by atoms with Crippen LogP contribution in [0.25, 0.3) is 11.2 Å². The minimum Gasteiger partial charge on any atom is -0.481 e. The van der Waals surface area contributed by atoms with Crippen LogP contribution in [0.15, 0.2) is 59.0 Å². The summed E-state index contributed by atoms with van der Waals surface area (Å²) in [6.45, 7) is 3.08. The fourth-order valence-electron chi connectivity index (χ4n) is 2.96. The van der Waals surface area contributed by atoms with E-state index >= 15 is 0 Å². The van der Waals surface area contributed by atoms with Crippen LogP contribution in [0.5, 0.6) is 0 Å². The topological polar surface area (TPSA) is 91.6 Å². The molecule has 2 bridgehead atoms. The Morgan fingerprint density at radius 3 is 2.26 bits per heavy atom. The number of hydrogen-bond donors (Lipinski definition) is 3. The second-order valence-corrected chi connectivity index (χ2v) is 9.26. The van der Waals surface area contributed by atoms with Crippen molar-refractivity contribution in [3.05, 3.63) is 81.0 Å². The fraction of sp³-hybridized carbons (Fsp3) is 0.167. The van der Waals surface area contributed by atoms with Crippen LogP contribution < -0.4 is 10.6 Å². The van der Waals surface area contributed by atoms with E-state index in [-0.39, 0.29) is 23.0 Å². The van der Waals surface area contributed by atoms with E-state index in [0.717, 1.165) is 5.58 Å². The summed E-state index contributed by atoms with van der Waals surface area (Å²) in [5, 5.41) is 15.4. The third kappa shape index (κ3) is 6.32. The lowest BCUT2D eigenvalue weighted by atomic mass is 9.86. The Hall–Kier alpha value is -3.00. The summed E-state index contributed by atoms with van der Waals surface area (Å²) in [6.07, 6.45) is 0.0772. The SMILES string of the molecule is CC(C)(Cc1c(F)cccc1Cl)C(=O)O.O=C(Nc1ccc(Cl)c(Cl)c1)Nc1cc2ccc1o2. The molecule has 2 aromatic heterocycles. The number of rotatable bonds is 5. The summed E-state index contributed by atoms with van der Waals surface area (Å²) in [7, 11) is 0. The molecule has 34 heavy (non-hydrogen) atoms. The van der Waals surface area contributed by atoms with Crippen LogP contribution in [0.3, 0.4) is 0 Å². The van der Waals surface area contributed by atoms with Crippen molar-refractivity contribution in [3.8, 4) is 0 Å². The summed E-state index contributed by atoms with van der Waals surface area (Å²) in [6, 6.07) is 14.2. The normalized spacial score (nSPS) is 11.1. The average Bonchev–Trinajstić information content (AvgIpc) is 3.37. The zero-order valence-corrected chi connectivity index (χ0v) is 20.4. The van der Waals surface area contributed by atoms with Gasteiger partial charge in [-0.05, 0) is 62.7 Å². The van der Waals surface area contributed by atoms with Gasteiger partial charge in [0, 0.05) is 22.3 Å². The molecule has 178 valence electrons. The maximum Gasteiger partial charge on any atom is 0.323 e. The predicted molar refractivity (Wildman–Crippen MR) is 133 cm³/mol. The molecular formula is C24H20Cl3FN2O4. The number of amides is 2. The summed E-state index contributed by atoms with van der Waals surface area (Å²) in [4.78, 5) is 22.7. The number of hydrogen-bond acceptors (Lipinski definition) is 3. The van der Waals surface area contributed by atoms with Crippen molar-refractivity contribution in [3.63, 3.8) is 0 Å².